The van der Waals surface area contributed by atoms with Crippen molar-refractivity contribution in [2.75, 3.05) is 12.4 Å². The molecule has 0 saturated carbocycles. The van der Waals surface area contributed by atoms with Crippen LogP contribution in [0.4, 0.5) is 5.69 Å². The van der Waals surface area contributed by atoms with Gasteiger partial charge in [-0.05, 0) is 42.5 Å². The van der Waals surface area contributed by atoms with Crippen LogP contribution in [0, 0.1) is 0 Å². The van der Waals surface area contributed by atoms with E-state index in [1.54, 1.807) is 24.4 Å². The van der Waals surface area contributed by atoms with E-state index in [1.165, 1.54) is 36.3 Å². The molecular weight excluding hydrogens is 432 g/mol. The van der Waals surface area contributed by atoms with Crippen molar-refractivity contribution in [3.8, 4) is 11.4 Å². The summed E-state index contributed by atoms with van der Waals surface area (Å²) in [5.41, 5.74) is 1.13. The average Bonchev–Trinajstić information content (AvgIpc) is 3.48. The van der Waals surface area contributed by atoms with Crippen LogP contribution in [-0.2, 0) is 16.6 Å². The minimum absolute atomic E-state index is 0.00337. The average molecular weight is 452 g/mol. The standard InChI is InChI=1S/C22H20N4O5S/c1-30-20-15-26(17-8-3-2-4-9-17)25-21(20)22(27)24-16-7-5-11-19(13-16)32(28,29)23-14-18-10-6-12-31-18/h2-13,15,23H,14H2,1H3,(H,24,27). The van der Waals surface area contributed by atoms with E-state index in [4.69, 9.17) is 9.15 Å². The van der Waals surface area contributed by atoms with Crippen molar-refractivity contribution in [1.82, 2.24) is 14.5 Å². The summed E-state index contributed by atoms with van der Waals surface area (Å²) < 4.78 is 39.6. The molecule has 10 heteroatoms. The molecule has 2 N–H and O–H groups in total. The second kappa shape index (κ2) is 9.08. The second-order valence-corrected chi connectivity index (χ2v) is 8.48. The third-order valence-corrected chi connectivity index (χ3v) is 5.95. The zero-order valence-corrected chi connectivity index (χ0v) is 17.9. The van der Waals surface area contributed by atoms with Crippen molar-refractivity contribution >= 4 is 21.6 Å². The molecule has 0 aliphatic carbocycles. The first-order valence-corrected chi connectivity index (χ1v) is 11.1. The number of nitrogens with zero attached hydrogens (tertiary/aromatic N) is 2. The normalized spacial score (nSPS) is 11.3. The zero-order valence-electron chi connectivity index (χ0n) is 17.1. The molecule has 1 amide bonds. The van der Waals surface area contributed by atoms with E-state index in [1.807, 2.05) is 30.3 Å². The number of para-hydroxylation sites is 1. The molecule has 164 valence electrons. The van der Waals surface area contributed by atoms with E-state index in [0.717, 1.165) is 5.69 Å². The minimum atomic E-state index is -3.81. The van der Waals surface area contributed by atoms with Gasteiger partial charge in [-0.1, -0.05) is 24.3 Å². The van der Waals surface area contributed by atoms with Crippen LogP contribution in [0.2, 0.25) is 0 Å². The first-order chi connectivity index (χ1) is 15.5. The Morgan fingerprint density at radius 1 is 1.09 bits per heavy atom. The van der Waals surface area contributed by atoms with Crippen molar-refractivity contribution in [2.45, 2.75) is 11.4 Å². The summed E-state index contributed by atoms with van der Waals surface area (Å²) in [6.07, 6.45) is 3.07. The largest absolute Gasteiger partial charge is 0.493 e. The molecule has 4 rings (SSSR count). The third kappa shape index (κ3) is 4.71. The number of ether oxygens (including phenoxy) is 1. The summed E-state index contributed by atoms with van der Waals surface area (Å²) in [5.74, 6) is 0.240. The number of hydrogen-bond donors (Lipinski definition) is 2. The van der Waals surface area contributed by atoms with Crippen molar-refractivity contribution in [2.24, 2.45) is 0 Å². The van der Waals surface area contributed by atoms with Crippen LogP contribution >= 0.6 is 0 Å². The number of hydrogen-bond acceptors (Lipinski definition) is 6. The number of methoxy groups -OCH3 is 1. The number of carbonyl (C=O) groups is 1. The maximum atomic E-state index is 12.8. The fourth-order valence-corrected chi connectivity index (χ4v) is 4.01. The highest BCUT2D eigenvalue weighted by Crippen LogP contribution is 2.22. The first kappa shape index (κ1) is 21.3. The predicted octanol–water partition coefficient (Wildman–Crippen LogP) is 3.20. The Morgan fingerprint density at radius 2 is 1.91 bits per heavy atom. The van der Waals surface area contributed by atoms with Crippen LogP contribution in [0.25, 0.3) is 5.69 Å². The van der Waals surface area contributed by atoms with Crippen molar-refractivity contribution in [3.05, 3.63) is 90.6 Å². The second-order valence-electron chi connectivity index (χ2n) is 6.71. The SMILES string of the molecule is COc1cn(-c2ccccc2)nc1C(=O)Nc1cccc(S(=O)(=O)NCc2ccco2)c1. The molecule has 0 fully saturated rings. The third-order valence-electron chi connectivity index (χ3n) is 4.56. The molecule has 0 unspecified atom stereocenters. The van der Waals surface area contributed by atoms with Crippen molar-refractivity contribution in [3.63, 3.8) is 0 Å². The van der Waals surface area contributed by atoms with E-state index in [2.05, 4.69) is 15.1 Å². The molecule has 0 saturated heterocycles. The minimum Gasteiger partial charge on any atom is -0.493 e. The fraction of sp³-hybridized carbons (Fsp3) is 0.0909. The highest BCUT2D eigenvalue weighted by Gasteiger charge is 2.20. The van der Waals surface area contributed by atoms with E-state index in [0.29, 0.717) is 11.4 Å². The zero-order chi connectivity index (χ0) is 22.6. The van der Waals surface area contributed by atoms with Gasteiger partial charge in [-0.25, -0.2) is 17.8 Å². The molecule has 0 aliphatic heterocycles. The topological polar surface area (TPSA) is 115 Å². The van der Waals surface area contributed by atoms with Crippen LogP contribution in [-0.4, -0.2) is 31.2 Å². The molecule has 0 bridgehead atoms. The number of sulfonamides is 1. The Morgan fingerprint density at radius 3 is 2.62 bits per heavy atom. The van der Waals surface area contributed by atoms with Gasteiger partial charge in [-0.15, -0.1) is 0 Å². The molecule has 2 aromatic carbocycles. The molecule has 2 aromatic heterocycles. The molecule has 32 heavy (non-hydrogen) atoms. The van der Waals surface area contributed by atoms with E-state index in [-0.39, 0.29) is 22.9 Å². The molecule has 0 atom stereocenters. The Labute approximate surface area is 184 Å². The summed E-state index contributed by atoms with van der Waals surface area (Å²) in [4.78, 5) is 12.8. The maximum absolute atomic E-state index is 12.8. The summed E-state index contributed by atoms with van der Waals surface area (Å²) in [6.45, 7) is 0.0139. The summed E-state index contributed by atoms with van der Waals surface area (Å²) in [6, 6.07) is 18.5. The highest BCUT2D eigenvalue weighted by atomic mass is 32.2. The predicted molar refractivity (Wildman–Crippen MR) is 117 cm³/mol. The number of furan rings is 1. The molecule has 2 heterocycles. The Hall–Kier alpha value is -3.89. The number of carbonyl (C=O) groups excluding carboxylic acids is 1. The lowest BCUT2D eigenvalue weighted by molar-refractivity contribution is 0.101. The smallest absolute Gasteiger partial charge is 0.280 e. The van der Waals surface area contributed by atoms with Gasteiger partial charge in [0.15, 0.2) is 11.4 Å². The lowest BCUT2D eigenvalue weighted by atomic mass is 10.3. The van der Waals surface area contributed by atoms with E-state index >= 15 is 0 Å². The number of anilines is 1. The molecule has 4 aromatic rings. The number of rotatable bonds is 8. The van der Waals surface area contributed by atoms with Gasteiger partial charge in [-0.2, -0.15) is 5.10 Å². The maximum Gasteiger partial charge on any atom is 0.280 e. The van der Waals surface area contributed by atoms with Gasteiger partial charge in [0.1, 0.15) is 5.76 Å². The molecular formula is C22H20N4O5S. The van der Waals surface area contributed by atoms with E-state index < -0.39 is 15.9 Å². The van der Waals surface area contributed by atoms with Gasteiger partial charge >= 0.3 is 0 Å². The first-order valence-electron chi connectivity index (χ1n) is 9.59. The summed E-state index contributed by atoms with van der Waals surface area (Å²) in [7, 11) is -2.36. The molecule has 0 aliphatic rings. The van der Waals surface area contributed by atoms with Crippen LogP contribution < -0.4 is 14.8 Å². The van der Waals surface area contributed by atoms with Gasteiger partial charge < -0.3 is 14.5 Å². The molecule has 9 nitrogen and oxygen atoms in total. The van der Waals surface area contributed by atoms with Crippen LogP contribution in [0.5, 0.6) is 5.75 Å². The molecule has 0 radical (unpaired) electrons. The molecule has 0 spiro atoms. The van der Waals surface area contributed by atoms with Crippen LogP contribution in [0.1, 0.15) is 16.2 Å². The van der Waals surface area contributed by atoms with Gasteiger partial charge in [0.25, 0.3) is 5.91 Å². The van der Waals surface area contributed by atoms with E-state index in [9.17, 15) is 13.2 Å². The van der Waals surface area contributed by atoms with Crippen LogP contribution in [0.15, 0.2) is 88.5 Å². The Kier molecular flexibility index (Phi) is 6.06. The number of amides is 1. The summed E-state index contributed by atoms with van der Waals surface area (Å²) >= 11 is 0. The monoisotopic (exact) mass is 452 g/mol. The summed E-state index contributed by atoms with van der Waals surface area (Å²) in [5, 5.41) is 6.99. The lowest BCUT2D eigenvalue weighted by Gasteiger charge is -2.09. The fourth-order valence-electron chi connectivity index (χ4n) is 2.97. The van der Waals surface area contributed by atoms with Gasteiger partial charge in [0, 0.05) is 5.69 Å². The van der Waals surface area contributed by atoms with Crippen molar-refractivity contribution in [1.29, 1.82) is 0 Å². The highest BCUT2D eigenvalue weighted by molar-refractivity contribution is 7.89. The van der Waals surface area contributed by atoms with Crippen LogP contribution in [0.3, 0.4) is 0 Å². The Bertz CT molecular complexity index is 1320. The van der Waals surface area contributed by atoms with Gasteiger partial charge in [0.2, 0.25) is 10.0 Å². The van der Waals surface area contributed by atoms with Crippen molar-refractivity contribution < 1.29 is 22.4 Å². The lowest BCUT2D eigenvalue weighted by Crippen LogP contribution is -2.23. The number of aromatic nitrogens is 2. The number of benzene rings is 2. The number of nitrogens with one attached hydrogen (secondary N) is 2. The van der Waals surface area contributed by atoms with Gasteiger partial charge in [-0.3, -0.25) is 4.79 Å². The quantitative estimate of drug-likeness (QED) is 0.424. The van der Waals surface area contributed by atoms with Gasteiger partial charge in [0.05, 0.1) is 36.7 Å². The Balaban J connectivity index is 1.52.